The topological polar surface area (TPSA) is 46.3 Å². The fourth-order valence-electron chi connectivity index (χ4n) is 3.70. The number of nitrogens with zero attached hydrogens (tertiary/aromatic N) is 1. The van der Waals surface area contributed by atoms with E-state index in [1.165, 1.54) is 26.4 Å². The summed E-state index contributed by atoms with van der Waals surface area (Å²) in [6.45, 7) is 12.1. The smallest absolute Gasteiger partial charge is 0.254 e. The summed E-state index contributed by atoms with van der Waals surface area (Å²) >= 11 is 1.86. The number of benzene rings is 1. The summed E-state index contributed by atoms with van der Waals surface area (Å²) < 4.78 is 0. The third kappa shape index (κ3) is 4.02. The van der Waals surface area contributed by atoms with E-state index >= 15 is 0 Å². The standard InChI is InChI=1S/C22H30N2OS/c1-14-10-19-13-24(21(25)20(19)11-15(14)2)9-8-22(5,23)7-6-18-12-16(3)26-17(18)4/h10-12H,6-9,13,23H2,1-5H3. The van der Waals surface area contributed by atoms with Crippen LogP contribution in [-0.2, 0) is 13.0 Å². The number of carbonyl (C=O) groups excluding carboxylic acids is 1. The van der Waals surface area contributed by atoms with Gasteiger partial charge in [-0.3, -0.25) is 4.79 Å². The van der Waals surface area contributed by atoms with E-state index in [-0.39, 0.29) is 11.4 Å². The number of hydrogen-bond acceptors (Lipinski definition) is 3. The molecule has 2 aromatic rings. The molecule has 0 bridgehead atoms. The van der Waals surface area contributed by atoms with E-state index in [1.54, 1.807) is 0 Å². The maximum atomic E-state index is 12.7. The minimum Gasteiger partial charge on any atom is -0.334 e. The first-order valence-electron chi connectivity index (χ1n) is 9.40. The van der Waals surface area contributed by atoms with Crippen molar-refractivity contribution in [3.8, 4) is 0 Å². The van der Waals surface area contributed by atoms with Gasteiger partial charge in [-0.25, -0.2) is 0 Å². The summed E-state index contributed by atoms with van der Waals surface area (Å²) in [5.74, 6) is 0.156. The Hall–Kier alpha value is -1.65. The second-order valence-electron chi connectivity index (χ2n) is 8.16. The molecule has 1 amide bonds. The highest BCUT2D eigenvalue weighted by atomic mass is 32.1. The van der Waals surface area contributed by atoms with Crippen LogP contribution < -0.4 is 5.73 Å². The fraction of sp³-hybridized carbons (Fsp3) is 0.500. The Morgan fingerprint density at radius 1 is 1.12 bits per heavy atom. The van der Waals surface area contributed by atoms with Gasteiger partial charge in [0.05, 0.1) is 0 Å². The van der Waals surface area contributed by atoms with Crippen molar-refractivity contribution >= 4 is 17.2 Å². The molecular weight excluding hydrogens is 340 g/mol. The monoisotopic (exact) mass is 370 g/mol. The lowest BCUT2D eigenvalue weighted by molar-refractivity contribution is 0.0766. The number of fused-ring (bicyclic) bond motifs is 1. The van der Waals surface area contributed by atoms with Crippen LogP contribution >= 0.6 is 11.3 Å². The van der Waals surface area contributed by atoms with Crippen LogP contribution in [0.1, 0.15) is 62.1 Å². The molecule has 26 heavy (non-hydrogen) atoms. The summed E-state index contributed by atoms with van der Waals surface area (Å²) in [6, 6.07) is 6.48. The van der Waals surface area contributed by atoms with Gasteiger partial charge in [0, 0.05) is 33.9 Å². The summed E-state index contributed by atoms with van der Waals surface area (Å²) in [6.07, 6.45) is 2.78. The molecular formula is C22H30N2OS. The second-order valence-corrected chi connectivity index (χ2v) is 9.62. The zero-order valence-electron chi connectivity index (χ0n) is 16.6. The van der Waals surface area contributed by atoms with Crippen molar-refractivity contribution in [2.24, 2.45) is 5.73 Å². The Morgan fingerprint density at radius 3 is 2.46 bits per heavy atom. The van der Waals surface area contributed by atoms with E-state index in [4.69, 9.17) is 5.73 Å². The van der Waals surface area contributed by atoms with Gasteiger partial charge in [-0.15, -0.1) is 11.3 Å². The summed E-state index contributed by atoms with van der Waals surface area (Å²) in [5, 5.41) is 0. The van der Waals surface area contributed by atoms with Crippen LogP contribution in [0.4, 0.5) is 0 Å². The predicted molar refractivity (Wildman–Crippen MR) is 110 cm³/mol. The van der Waals surface area contributed by atoms with Gasteiger partial charge in [-0.1, -0.05) is 6.07 Å². The number of carbonyl (C=O) groups is 1. The van der Waals surface area contributed by atoms with Crippen LogP contribution in [0.25, 0.3) is 0 Å². The number of amides is 1. The van der Waals surface area contributed by atoms with Crippen molar-refractivity contribution in [2.75, 3.05) is 6.54 Å². The van der Waals surface area contributed by atoms with Crippen molar-refractivity contribution in [3.05, 3.63) is 55.8 Å². The second kappa shape index (κ2) is 7.16. The average molecular weight is 371 g/mol. The van der Waals surface area contributed by atoms with Crippen molar-refractivity contribution < 1.29 is 4.79 Å². The molecule has 0 saturated heterocycles. The average Bonchev–Trinajstić information content (AvgIpc) is 3.04. The molecule has 1 aliphatic heterocycles. The Balaban J connectivity index is 1.58. The van der Waals surface area contributed by atoms with Crippen molar-refractivity contribution in [2.45, 2.75) is 66.0 Å². The molecule has 4 heteroatoms. The maximum absolute atomic E-state index is 12.7. The molecule has 0 saturated carbocycles. The number of nitrogens with two attached hydrogens (primary N) is 1. The van der Waals surface area contributed by atoms with E-state index in [9.17, 15) is 4.79 Å². The highest BCUT2D eigenvalue weighted by Gasteiger charge is 2.29. The minimum absolute atomic E-state index is 0.156. The quantitative estimate of drug-likeness (QED) is 0.802. The maximum Gasteiger partial charge on any atom is 0.254 e. The van der Waals surface area contributed by atoms with Crippen LogP contribution in [0.15, 0.2) is 18.2 Å². The number of aryl methyl sites for hydroxylation is 5. The van der Waals surface area contributed by atoms with E-state index in [2.05, 4.69) is 46.8 Å². The van der Waals surface area contributed by atoms with Crippen LogP contribution in [0, 0.1) is 27.7 Å². The van der Waals surface area contributed by atoms with Crippen molar-refractivity contribution in [1.29, 1.82) is 0 Å². The molecule has 3 nitrogen and oxygen atoms in total. The lowest BCUT2D eigenvalue weighted by Crippen LogP contribution is -2.41. The summed E-state index contributed by atoms with van der Waals surface area (Å²) in [4.78, 5) is 17.4. The predicted octanol–water partition coefficient (Wildman–Crippen LogP) is 4.68. The number of hydrogen-bond donors (Lipinski definition) is 1. The Bertz CT molecular complexity index is 835. The van der Waals surface area contributed by atoms with Crippen LogP contribution in [0.3, 0.4) is 0 Å². The van der Waals surface area contributed by atoms with E-state index in [0.717, 1.165) is 36.9 Å². The number of thiophene rings is 1. The molecule has 1 aliphatic rings. The van der Waals surface area contributed by atoms with Crippen LogP contribution in [-0.4, -0.2) is 22.9 Å². The molecule has 1 atom stereocenters. The molecule has 0 fully saturated rings. The van der Waals surface area contributed by atoms with Gasteiger partial charge in [-0.05, 0) is 88.3 Å². The van der Waals surface area contributed by atoms with E-state index in [1.807, 2.05) is 22.3 Å². The molecule has 0 radical (unpaired) electrons. The molecule has 1 aromatic carbocycles. The first kappa shape index (κ1) is 19.1. The van der Waals surface area contributed by atoms with Gasteiger partial charge in [0.25, 0.3) is 5.91 Å². The Kier molecular flexibility index (Phi) is 5.27. The lowest BCUT2D eigenvalue weighted by Gasteiger charge is -2.27. The number of rotatable bonds is 6. The molecule has 3 rings (SSSR count). The largest absolute Gasteiger partial charge is 0.334 e. The third-order valence-electron chi connectivity index (χ3n) is 5.66. The van der Waals surface area contributed by atoms with Gasteiger partial charge < -0.3 is 10.6 Å². The molecule has 1 aromatic heterocycles. The molecule has 140 valence electrons. The lowest BCUT2D eigenvalue weighted by atomic mass is 9.91. The van der Waals surface area contributed by atoms with Gasteiger partial charge in [-0.2, -0.15) is 0 Å². The zero-order valence-corrected chi connectivity index (χ0v) is 17.4. The highest BCUT2D eigenvalue weighted by Crippen LogP contribution is 2.28. The van der Waals surface area contributed by atoms with Crippen LogP contribution in [0.2, 0.25) is 0 Å². The SMILES string of the molecule is Cc1cc(CCC(C)(N)CCN2Cc3cc(C)c(C)cc3C2=O)c(C)s1. The molecule has 2 N–H and O–H groups in total. The van der Waals surface area contributed by atoms with Gasteiger partial charge in [0.2, 0.25) is 0 Å². The molecule has 0 aliphatic carbocycles. The first-order chi connectivity index (χ1) is 12.2. The minimum atomic E-state index is -0.261. The fourth-order valence-corrected chi connectivity index (χ4v) is 4.68. The molecule has 1 unspecified atom stereocenters. The summed E-state index contributed by atoms with van der Waals surface area (Å²) in [7, 11) is 0. The normalized spacial score (nSPS) is 16.1. The molecule has 2 heterocycles. The van der Waals surface area contributed by atoms with Crippen molar-refractivity contribution in [1.82, 2.24) is 4.90 Å². The summed E-state index contributed by atoms with van der Waals surface area (Å²) in [5.41, 5.74) is 12.2. The zero-order chi connectivity index (χ0) is 19.1. The Morgan fingerprint density at radius 2 is 1.81 bits per heavy atom. The Labute approximate surface area is 161 Å². The van der Waals surface area contributed by atoms with E-state index < -0.39 is 0 Å². The van der Waals surface area contributed by atoms with E-state index in [0.29, 0.717) is 6.54 Å². The third-order valence-corrected chi connectivity index (χ3v) is 6.67. The van der Waals surface area contributed by atoms with Gasteiger partial charge in [0.1, 0.15) is 0 Å². The van der Waals surface area contributed by atoms with Crippen LogP contribution in [0.5, 0.6) is 0 Å². The van der Waals surface area contributed by atoms with Gasteiger partial charge >= 0.3 is 0 Å². The first-order valence-corrected chi connectivity index (χ1v) is 10.2. The van der Waals surface area contributed by atoms with Gasteiger partial charge in [0.15, 0.2) is 0 Å². The van der Waals surface area contributed by atoms with Crippen molar-refractivity contribution in [3.63, 3.8) is 0 Å². The highest BCUT2D eigenvalue weighted by molar-refractivity contribution is 7.12. The molecule has 0 spiro atoms.